The number of urea groups is 1. The maximum atomic E-state index is 12.4. The topological polar surface area (TPSA) is 44.8 Å². The zero-order valence-corrected chi connectivity index (χ0v) is 15.2. The van der Waals surface area contributed by atoms with E-state index in [0.29, 0.717) is 6.54 Å². The molecule has 2 fully saturated rings. The molecule has 0 spiro atoms. The number of benzene rings is 1. The van der Waals surface area contributed by atoms with Gasteiger partial charge in [0.15, 0.2) is 0 Å². The van der Waals surface area contributed by atoms with E-state index in [1.54, 1.807) is 0 Å². The highest BCUT2D eigenvalue weighted by molar-refractivity contribution is 5.74. The highest BCUT2D eigenvalue weighted by Crippen LogP contribution is 2.11. The minimum absolute atomic E-state index is 0.0710. The van der Waals surface area contributed by atoms with Crippen molar-refractivity contribution in [3.63, 3.8) is 0 Å². The summed E-state index contributed by atoms with van der Waals surface area (Å²) in [5.74, 6) is 0. The molecule has 2 aliphatic heterocycles. The Hall–Kier alpha value is -1.59. The lowest BCUT2D eigenvalue weighted by Crippen LogP contribution is -2.44. The van der Waals surface area contributed by atoms with Crippen molar-refractivity contribution < 1.29 is 9.53 Å². The van der Waals surface area contributed by atoms with Crippen LogP contribution in [0.2, 0.25) is 0 Å². The summed E-state index contributed by atoms with van der Waals surface area (Å²) in [5.41, 5.74) is 1.41. The summed E-state index contributed by atoms with van der Waals surface area (Å²) in [5, 5.41) is 3.05. The first-order chi connectivity index (χ1) is 12.3. The summed E-state index contributed by atoms with van der Waals surface area (Å²) in [6, 6.07) is 10.7. The molecule has 1 N–H and O–H groups in total. The molecule has 2 heterocycles. The summed E-state index contributed by atoms with van der Waals surface area (Å²) in [4.78, 5) is 16.8. The summed E-state index contributed by atoms with van der Waals surface area (Å²) in [6.45, 7) is 6.33. The SMILES string of the molecule is O=C(NC[C@@H]1CCCO1)N1CCCN(CCCc2ccccc2)CC1. The van der Waals surface area contributed by atoms with Gasteiger partial charge in [0.05, 0.1) is 6.10 Å². The van der Waals surface area contributed by atoms with Crippen molar-refractivity contribution in [3.05, 3.63) is 35.9 Å². The molecule has 0 aromatic heterocycles. The molecule has 0 aliphatic carbocycles. The van der Waals surface area contributed by atoms with Gasteiger partial charge in [0.1, 0.15) is 0 Å². The molecule has 2 aliphatic rings. The fourth-order valence-corrected chi connectivity index (χ4v) is 3.67. The third-order valence-electron chi connectivity index (χ3n) is 5.16. The van der Waals surface area contributed by atoms with E-state index in [0.717, 1.165) is 65.0 Å². The quantitative estimate of drug-likeness (QED) is 0.862. The number of amides is 2. The number of nitrogens with one attached hydrogen (secondary N) is 1. The fraction of sp³-hybridized carbons (Fsp3) is 0.650. The summed E-state index contributed by atoms with van der Waals surface area (Å²) < 4.78 is 5.57. The van der Waals surface area contributed by atoms with Crippen LogP contribution in [0.3, 0.4) is 0 Å². The summed E-state index contributed by atoms with van der Waals surface area (Å²) >= 11 is 0. The molecule has 1 atom stereocenters. The van der Waals surface area contributed by atoms with Gasteiger partial charge in [0.2, 0.25) is 0 Å². The molecule has 5 heteroatoms. The Morgan fingerprint density at radius 3 is 2.80 bits per heavy atom. The average molecular weight is 345 g/mol. The third-order valence-corrected chi connectivity index (χ3v) is 5.16. The molecule has 138 valence electrons. The maximum Gasteiger partial charge on any atom is 0.317 e. The van der Waals surface area contributed by atoms with E-state index in [1.807, 2.05) is 4.90 Å². The Labute approximate surface area is 151 Å². The number of hydrogen-bond donors (Lipinski definition) is 1. The van der Waals surface area contributed by atoms with Gasteiger partial charge in [-0.25, -0.2) is 4.79 Å². The van der Waals surface area contributed by atoms with Crippen LogP contribution >= 0.6 is 0 Å². The Bertz CT molecular complexity index is 517. The van der Waals surface area contributed by atoms with Crippen LogP contribution in [-0.2, 0) is 11.2 Å². The first-order valence-corrected chi connectivity index (χ1v) is 9.72. The van der Waals surface area contributed by atoms with Crippen molar-refractivity contribution in [1.82, 2.24) is 15.1 Å². The van der Waals surface area contributed by atoms with Gasteiger partial charge in [-0.2, -0.15) is 0 Å². The number of hydrogen-bond acceptors (Lipinski definition) is 3. The Kier molecular flexibility index (Phi) is 7.12. The monoisotopic (exact) mass is 345 g/mol. The number of aryl methyl sites for hydroxylation is 1. The van der Waals surface area contributed by atoms with E-state index in [4.69, 9.17) is 4.74 Å². The Morgan fingerprint density at radius 2 is 2.00 bits per heavy atom. The van der Waals surface area contributed by atoms with Crippen LogP contribution in [0.5, 0.6) is 0 Å². The minimum atomic E-state index is 0.0710. The molecule has 1 aromatic carbocycles. The van der Waals surface area contributed by atoms with Gasteiger partial charge < -0.3 is 19.9 Å². The average Bonchev–Trinajstić information content (AvgIpc) is 3.05. The van der Waals surface area contributed by atoms with Crippen LogP contribution in [0.1, 0.15) is 31.2 Å². The van der Waals surface area contributed by atoms with Crippen LogP contribution < -0.4 is 5.32 Å². The molecular formula is C20H31N3O2. The van der Waals surface area contributed by atoms with E-state index in [-0.39, 0.29) is 12.1 Å². The molecule has 2 amide bonds. The summed E-state index contributed by atoms with van der Waals surface area (Å²) in [7, 11) is 0. The van der Waals surface area contributed by atoms with Gasteiger partial charge in [-0.3, -0.25) is 0 Å². The first kappa shape index (κ1) is 18.2. The van der Waals surface area contributed by atoms with E-state index >= 15 is 0 Å². The van der Waals surface area contributed by atoms with E-state index < -0.39 is 0 Å². The highest BCUT2D eigenvalue weighted by atomic mass is 16.5. The standard InChI is InChI=1S/C20H31N3O2/c24-20(21-17-19-10-5-16-25-19)23-13-6-12-22(14-15-23)11-4-9-18-7-2-1-3-8-18/h1-3,7-8,19H,4-6,9-17H2,(H,21,24)/t19-/m0/s1. The molecule has 1 aromatic rings. The van der Waals surface area contributed by atoms with Crippen LogP contribution in [0, 0.1) is 0 Å². The number of ether oxygens (including phenoxy) is 1. The van der Waals surface area contributed by atoms with Crippen LogP contribution in [-0.4, -0.2) is 67.8 Å². The first-order valence-electron chi connectivity index (χ1n) is 9.72. The molecule has 3 rings (SSSR count). The number of rotatable bonds is 6. The molecule has 5 nitrogen and oxygen atoms in total. The van der Waals surface area contributed by atoms with Crippen molar-refractivity contribution in [2.75, 3.05) is 45.9 Å². The summed E-state index contributed by atoms with van der Waals surface area (Å²) in [6.07, 6.45) is 5.75. The zero-order chi connectivity index (χ0) is 17.3. The van der Waals surface area contributed by atoms with Crippen LogP contribution in [0.4, 0.5) is 4.79 Å². The smallest absolute Gasteiger partial charge is 0.317 e. The largest absolute Gasteiger partial charge is 0.376 e. The van der Waals surface area contributed by atoms with Gasteiger partial charge in [0.25, 0.3) is 0 Å². The van der Waals surface area contributed by atoms with Crippen molar-refractivity contribution in [2.24, 2.45) is 0 Å². The zero-order valence-electron chi connectivity index (χ0n) is 15.2. The van der Waals surface area contributed by atoms with Gasteiger partial charge >= 0.3 is 6.03 Å². The van der Waals surface area contributed by atoms with Crippen LogP contribution in [0.15, 0.2) is 30.3 Å². The lowest BCUT2D eigenvalue weighted by Gasteiger charge is -2.23. The second-order valence-electron chi connectivity index (χ2n) is 7.09. The molecule has 0 bridgehead atoms. The predicted octanol–water partition coefficient (Wildman–Crippen LogP) is 2.52. The molecule has 0 unspecified atom stereocenters. The van der Waals surface area contributed by atoms with Crippen molar-refractivity contribution in [3.8, 4) is 0 Å². The molecule has 25 heavy (non-hydrogen) atoms. The minimum Gasteiger partial charge on any atom is -0.376 e. The Balaban J connectivity index is 1.34. The van der Waals surface area contributed by atoms with Crippen molar-refractivity contribution in [1.29, 1.82) is 0 Å². The number of nitrogens with zero attached hydrogens (tertiary/aromatic N) is 2. The molecule has 0 radical (unpaired) electrons. The Morgan fingerprint density at radius 1 is 1.12 bits per heavy atom. The van der Waals surface area contributed by atoms with E-state index in [2.05, 4.69) is 40.5 Å². The van der Waals surface area contributed by atoms with Gasteiger partial charge in [-0.05, 0) is 50.8 Å². The normalized spacial score (nSPS) is 21.9. The highest BCUT2D eigenvalue weighted by Gasteiger charge is 2.21. The lowest BCUT2D eigenvalue weighted by atomic mass is 10.1. The fourth-order valence-electron chi connectivity index (χ4n) is 3.67. The predicted molar refractivity (Wildman–Crippen MR) is 99.8 cm³/mol. The lowest BCUT2D eigenvalue weighted by molar-refractivity contribution is 0.109. The van der Waals surface area contributed by atoms with Gasteiger partial charge in [0, 0.05) is 32.8 Å². The molecule has 0 saturated carbocycles. The second-order valence-corrected chi connectivity index (χ2v) is 7.09. The second kappa shape index (κ2) is 9.78. The van der Waals surface area contributed by atoms with Crippen LogP contribution in [0.25, 0.3) is 0 Å². The molecular weight excluding hydrogens is 314 g/mol. The maximum absolute atomic E-state index is 12.4. The van der Waals surface area contributed by atoms with E-state index in [9.17, 15) is 4.79 Å². The van der Waals surface area contributed by atoms with E-state index in [1.165, 1.54) is 12.0 Å². The number of carbonyl (C=O) groups is 1. The van der Waals surface area contributed by atoms with Crippen molar-refractivity contribution in [2.45, 2.75) is 38.2 Å². The number of carbonyl (C=O) groups excluding carboxylic acids is 1. The molecule has 2 saturated heterocycles. The van der Waals surface area contributed by atoms with Crippen molar-refractivity contribution >= 4 is 6.03 Å². The van der Waals surface area contributed by atoms with Gasteiger partial charge in [-0.15, -0.1) is 0 Å². The third kappa shape index (κ3) is 6.01. The van der Waals surface area contributed by atoms with Gasteiger partial charge in [-0.1, -0.05) is 30.3 Å².